The van der Waals surface area contributed by atoms with Crippen molar-refractivity contribution in [2.24, 2.45) is 0 Å². The Kier molecular flexibility index (Phi) is 2.35. The summed E-state index contributed by atoms with van der Waals surface area (Å²) in [6, 6.07) is 16.4. The molecule has 0 unspecified atom stereocenters. The lowest BCUT2D eigenvalue weighted by atomic mass is 10.3. The van der Waals surface area contributed by atoms with Crippen LogP contribution >= 0.6 is 0 Å². The number of fused-ring (bicyclic) bond motifs is 3. The fourth-order valence-electron chi connectivity index (χ4n) is 2.56. The van der Waals surface area contributed by atoms with E-state index in [-0.39, 0.29) is 11.6 Å². The van der Waals surface area contributed by atoms with Gasteiger partial charge in [0.1, 0.15) is 5.52 Å². The Morgan fingerprint density at radius 2 is 1.62 bits per heavy atom. The Labute approximate surface area is 119 Å². The fourth-order valence-corrected chi connectivity index (χ4v) is 2.56. The molecule has 21 heavy (non-hydrogen) atoms. The summed E-state index contributed by atoms with van der Waals surface area (Å²) in [5, 5.41) is 10.4. The molecular weight excluding hydrogens is 266 g/mol. The van der Waals surface area contributed by atoms with Crippen LogP contribution in [0.3, 0.4) is 0 Å². The molecule has 0 saturated heterocycles. The molecule has 0 amide bonds. The van der Waals surface area contributed by atoms with Gasteiger partial charge in [0.05, 0.1) is 22.9 Å². The molecule has 102 valence electrons. The molecule has 0 radical (unpaired) electrons. The monoisotopic (exact) mass is 277 g/mol. The van der Waals surface area contributed by atoms with Gasteiger partial charge in [-0.2, -0.15) is 0 Å². The zero-order valence-electron chi connectivity index (χ0n) is 11.0. The standard InChI is InChI=1S/C16H11N3O2/c20-15-14-10-17-12-8-4-5-9-13(12)19(14)16(21)18(15)11-6-2-1-3-7-11/h1-10,20H. The van der Waals surface area contributed by atoms with Crippen LogP contribution in [0, 0.1) is 0 Å². The number of para-hydroxylation sites is 3. The quantitative estimate of drug-likeness (QED) is 0.581. The fraction of sp³-hybridized carbons (Fsp3) is 0. The second-order valence-corrected chi connectivity index (χ2v) is 4.74. The smallest absolute Gasteiger partial charge is 0.340 e. The normalized spacial score (nSPS) is 11.2. The van der Waals surface area contributed by atoms with E-state index in [1.54, 1.807) is 12.1 Å². The topological polar surface area (TPSA) is 59.5 Å². The van der Waals surface area contributed by atoms with Crippen LogP contribution in [0.15, 0.2) is 65.6 Å². The summed E-state index contributed by atoms with van der Waals surface area (Å²) in [5.41, 5.74) is 2.07. The molecule has 0 atom stereocenters. The van der Waals surface area contributed by atoms with Gasteiger partial charge in [-0.1, -0.05) is 30.3 Å². The Morgan fingerprint density at radius 3 is 2.43 bits per heavy atom. The van der Waals surface area contributed by atoms with Crippen LogP contribution in [0.4, 0.5) is 0 Å². The van der Waals surface area contributed by atoms with E-state index in [9.17, 15) is 9.90 Å². The predicted molar refractivity (Wildman–Crippen MR) is 80.0 cm³/mol. The number of aromatic hydroxyl groups is 1. The predicted octanol–water partition coefficient (Wildman–Crippen LogP) is 2.34. The Morgan fingerprint density at radius 1 is 0.905 bits per heavy atom. The minimum Gasteiger partial charge on any atom is -0.493 e. The van der Waals surface area contributed by atoms with Crippen molar-refractivity contribution in [1.29, 1.82) is 0 Å². The van der Waals surface area contributed by atoms with Crippen LogP contribution in [0.5, 0.6) is 5.88 Å². The van der Waals surface area contributed by atoms with Crippen LogP contribution in [0.1, 0.15) is 0 Å². The number of benzene rings is 2. The summed E-state index contributed by atoms with van der Waals surface area (Å²) >= 11 is 0. The van der Waals surface area contributed by atoms with E-state index in [1.165, 1.54) is 15.2 Å². The molecule has 0 bridgehead atoms. The van der Waals surface area contributed by atoms with Gasteiger partial charge in [-0.3, -0.25) is 9.38 Å². The van der Waals surface area contributed by atoms with Crippen molar-refractivity contribution < 1.29 is 5.11 Å². The number of rotatable bonds is 1. The van der Waals surface area contributed by atoms with Gasteiger partial charge < -0.3 is 5.11 Å². The number of nitrogens with zero attached hydrogens (tertiary/aromatic N) is 3. The summed E-state index contributed by atoms with van der Waals surface area (Å²) in [5.74, 6) is -0.107. The van der Waals surface area contributed by atoms with Crippen molar-refractivity contribution in [3.63, 3.8) is 0 Å². The highest BCUT2D eigenvalue weighted by molar-refractivity contribution is 5.79. The van der Waals surface area contributed by atoms with Crippen LogP contribution in [-0.2, 0) is 0 Å². The van der Waals surface area contributed by atoms with Gasteiger partial charge in [0.15, 0.2) is 0 Å². The first-order chi connectivity index (χ1) is 10.3. The zero-order chi connectivity index (χ0) is 14.4. The van der Waals surface area contributed by atoms with Crippen molar-refractivity contribution in [3.8, 4) is 11.6 Å². The van der Waals surface area contributed by atoms with Gasteiger partial charge in [0, 0.05) is 0 Å². The molecule has 5 heteroatoms. The maximum Gasteiger partial charge on any atom is 0.340 e. The van der Waals surface area contributed by atoms with E-state index in [1.807, 2.05) is 42.5 Å². The molecule has 4 rings (SSSR count). The third kappa shape index (κ3) is 1.57. The highest BCUT2D eigenvalue weighted by Crippen LogP contribution is 2.23. The summed E-state index contributed by atoms with van der Waals surface area (Å²) in [6.45, 7) is 0. The van der Waals surface area contributed by atoms with Gasteiger partial charge in [-0.25, -0.2) is 9.36 Å². The average molecular weight is 277 g/mol. The molecule has 4 aromatic rings. The lowest BCUT2D eigenvalue weighted by Crippen LogP contribution is -2.19. The molecule has 2 aromatic carbocycles. The second-order valence-electron chi connectivity index (χ2n) is 4.74. The molecule has 0 aliphatic heterocycles. The van der Waals surface area contributed by atoms with Gasteiger partial charge >= 0.3 is 5.69 Å². The molecule has 1 N–H and O–H groups in total. The first-order valence-electron chi connectivity index (χ1n) is 6.53. The van der Waals surface area contributed by atoms with E-state index in [4.69, 9.17) is 0 Å². The molecule has 0 saturated carbocycles. The molecule has 0 spiro atoms. The molecular formula is C16H11N3O2. The van der Waals surface area contributed by atoms with Crippen molar-refractivity contribution in [1.82, 2.24) is 14.0 Å². The number of hydrogen-bond donors (Lipinski definition) is 1. The van der Waals surface area contributed by atoms with Gasteiger partial charge in [0.2, 0.25) is 5.88 Å². The number of aromatic nitrogens is 3. The van der Waals surface area contributed by atoms with Gasteiger partial charge in [-0.15, -0.1) is 0 Å². The van der Waals surface area contributed by atoms with Crippen LogP contribution in [0.25, 0.3) is 22.2 Å². The van der Waals surface area contributed by atoms with Crippen molar-refractivity contribution in [3.05, 3.63) is 71.3 Å². The first kappa shape index (κ1) is 11.7. The van der Waals surface area contributed by atoms with Crippen molar-refractivity contribution in [2.75, 3.05) is 0 Å². The van der Waals surface area contributed by atoms with Gasteiger partial charge in [0.25, 0.3) is 0 Å². The largest absolute Gasteiger partial charge is 0.493 e. The Bertz CT molecular complexity index is 1020. The van der Waals surface area contributed by atoms with E-state index in [2.05, 4.69) is 4.98 Å². The highest BCUT2D eigenvalue weighted by Gasteiger charge is 2.17. The summed E-state index contributed by atoms with van der Waals surface area (Å²) in [6.07, 6.45) is 1.51. The maximum atomic E-state index is 12.7. The lowest BCUT2D eigenvalue weighted by Gasteiger charge is -2.00. The highest BCUT2D eigenvalue weighted by atomic mass is 16.3. The number of hydrogen-bond acceptors (Lipinski definition) is 3. The van der Waals surface area contributed by atoms with Crippen LogP contribution in [0.2, 0.25) is 0 Å². The van der Waals surface area contributed by atoms with E-state index in [0.29, 0.717) is 22.2 Å². The molecule has 5 nitrogen and oxygen atoms in total. The Hall–Kier alpha value is -3.08. The van der Waals surface area contributed by atoms with Crippen molar-refractivity contribution in [2.45, 2.75) is 0 Å². The van der Waals surface area contributed by atoms with Gasteiger partial charge in [-0.05, 0) is 24.3 Å². The maximum absolute atomic E-state index is 12.7. The summed E-state index contributed by atoms with van der Waals surface area (Å²) in [4.78, 5) is 17.0. The van der Waals surface area contributed by atoms with Crippen molar-refractivity contribution >= 4 is 16.6 Å². The zero-order valence-corrected chi connectivity index (χ0v) is 11.0. The molecule has 0 fully saturated rings. The molecule has 2 aromatic heterocycles. The number of imidazole rings is 1. The minimum absolute atomic E-state index is 0.107. The SMILES string of the molecule is O=c1n(-c2ccccc2)c(O)c2cnc3ccccc3n12. The summed E-state index contributed by atoms with van der Waals surface area (Å²) < 4.78 is 2.76. The third-order valence-corrected chi connectivity index (χ3v) is 3.53. The third-order valence-electron chi connectivity index (χ3n) is 3.53. The molecule has 2 heterocycles. The first-order valence-corrected chi connectivity index (χ1v) is 6.53. The second kappa shape index (κ2) is 4.21. The molecule has 0 aliphatic rings. The van der Waals surface area contributed by atoms with E-state index >= 15 is 0 Å². The minimum atomic E-state index is -0.313. The van der Waals surface area contributed by atoms with Crippen LogP contribution in [-0.4, -0.2) is 19.1 Å². The lowest BCUT2D eigenvalue weighted by molar-refractivity contribution is 0.446. The van der Waals surface area contributed by atoms with E-state index < -0.39 is 0 Å². The molecule has 0 aliphatic carbocycles. The van der Waals surface area contributed by atoms with Crippen LogP contribution < -0.4 is 5.69 Å². The Balaban J connectivity index is 2.21. The average Bonchev–Trinajstić information content (AvgIpc) is 2.80. The summed E-state index contributed by atoms with van der Waals surface area (Å²) in [7, 11) is 0. The van der Waals surface area contributed by atoms with E-state index in [0.717, 1.165) is 0 Å².